The maximum absolute atomic E-state index is 13.3. The van der Waals surface area contributed by atoms with Crippen LogP contribution < -0.4 is 20.3 Å². The minimum atomic E-state index is -0.450. The molecule has 2 aliphatic heterocycles. The van der Waals surface area contributed by atoms with Gasteiger partial charge in [0.05, 0.1) is 28.9 Å². The Labute approximate surface area is 234 Å². The van der Waals surface area contributed by atoms with Crippen molar-refractivity contribution in [1.82, 2.24) is 14.9 Å². The number of ether oxygens (including phenoxy) is 1. The van der Waals surface area contributed by atoms with Gasteiger partial charge < -0.3 is 20.3 Å². The number of piperidine rings is 1. The number of aromatic nitrogens is 2. The van der Waals surface area contributed by atoms with Crippen LogP contribution in [0.3, 0.4) is 0 Å². The van der Waals surface area contributed by atoms with Crippen LogP contribution in [-0.2, 0) is 6.42 Å². The van der Waals surface area contributed by atoms with Gasteiger partial charge >= 0.3 is 6.03 Å². The number of benzene rings is 2. The Bertz CT molecular complexity index is 1550. The number of carbonyl (C=O) groups excluding carboxylic acids is 2. The van der Waals surface area contributed by atoms with Crippen molar-refractivity contribution in [2.45, 2.75) is 25.7 Å². The number of halogens is 1. The molecule has 4 heterocycles. The van der Waals surface area contributed by atoms with Gasteiger partial charge in [0, 0.05) is 12.2 Å². The van der Waals surface area contributed by atoms with Crippen LogP contribution >= 0.6 is 22.9 Å². The number of likely N-dealkylation sites (tertiary alicyclic amines) is 1. The van der Waals surface area contributed by atoms with Crippen LogP contribution in [-0.4, -0.2) is 53.6 Å². The Morgan fingerprint density at radius 3 is 2.67 bits per heavy atom. The summed E-state index contributed by atoms with van der Waals surface area (Å²) < 4.78 is 5.23. The smallest absolute Gasteiger partial charge is 0.332 e. The van der Waals surface area contributed by atoms with Gasteiger partial charge in [0.15, 0.2) is 5.82 Å². The molecular formula is C28H27ClN6O3S. The van der Waals surface area contributed by atoms with Crippen LogP contribution in [0.25, 0.3) is 10.2 Å². The van der Waals surface area contributed by atoms with E-state index in [4.69, 9.17) is 16.3 Å². The summed E-state index contributed by atoms with van der Waals surface area (Å²) in [7, 11) is 1.53. The largest absolute Gasteiger partial charge is 0.495 e. The molecule has 2 aromatic carbocycles. The lowest BCUT2D eigenvalue weighted by molar-refractivity contribution is 0.103. The number of carbonyl (C=O) groups is 2. The second kappa shape index (κ2) is 10.8. The Hall–Kier alpha value is -3.73. The second-order valence-corrected chi connectivity index (χ2v) is 11.0. The zero-order valence-electron chi connectivity index (χ0n) is 21.4. The standard InChI is InChI=1S/C28H27ClN6O3S/c1-38-21-10-9-19(15-20(21)29)35-25-22-23(33-28(35)37)24(39-27(22)31-16-30-25)26(36)32-18-7-5-17(6-8-18)11-14-34-12-3-2-4-13-34/h5-10,15-16H,2-4,11-14H2,1H3,(H,32,36)(H,33,37). The third-order valence-electron chi connectivity index (χ3n) is 7.09. The predicted molar refractivity (Wildman–Crippen MR) is 155 cm³/mol. The number of nitrogens with one attached hydrogen (secondary N) is 2. The van der Waals surface area contributed by atoms with E-state index in [9.17, 15) is 9.59 Å². The van der Waals surface area contributed by atoms with Crippen LogP contribution in [0.4, 0.5) is 27.7 Å². The Morgan fingerprint density at radius 1 is 1.13 bits per heavy atom. The molecule has 0 saturated carbocycles. The van der Waals surface area contributed by atoms with Crippen LogP contribution in [0.15, 0.2) is 48.8 Å². The zero-order valence-corrected chi connectivity index (χ0v) is 22.9. The van der Waals surface area contributed by atoms with E-state index in [0.717, 1.165) is 13.0 Å². The van der Waals surface area contributed by atoms with E-state index >= 15 is 0 Å². The lowest BCUT2D eigenvalue weighted by Gasteiger charge is -2.27. The van der Waals surface area contributed by atoms with E-state index < -0.39 is 6.03 Å². The molecule has 0 atom stereocenters. The fourth-order valence-corrected chi connectivity index (χ4v) is 6.31. The summed E-state index contributed by atoms with van der Waals surface area (Å²) in [5.41, 5.74) is 2.85. The third kappa shape index (κ3) is 5.03. The van der Waals surface area contributed by atoms with Crippen molar-refractivity contribution in [2.24, 2.45) is 0 Å². The molecule has 6 rings (SSSR count). The summed E-state index contributed by atoms with van der Waals surface area (Å²) in [6, 6.07) is 12.5. The van der Waals surface area contributed by atoms with Gasteiger partial charge in [-0.25, -0.2) is 19.7 Å². The van der Waals surface area contributed by atoms with Gasteiger partial charge in [-0.15, -0.1) is 11.3 Å². The molecular weight excluding hydrogens is 536 g/mol. The van der Waals surface area contributed by atoms with E-state index in [1.165, 1.54) is 67.6 Å². The number of urea groups is 1. The fraction of sp³-hybridized carbons (Fsp3) is 0.286. The highest BCUT2D eigenvalue weighted by Crippen LogP contribution is 2.45. The van der Waals surface area contributed by atoms with Gasteiger partial charge in [0.25, 0.3) is 5.91 Å². The first-order valence-electron chi connectivity index (χ1n) is 12.9. The number of hydrogen-bond acceptors (Lipinski definition) is 7. The number of rotatable bonds is 7. The number of hydrogen-bond donors (Lipinski definition) is 2. The average Bonchev–Trinajstić information content (AvgIpc) is 3.33. The zero-order chi connectivity index (χ0) is 26.9. The SMILES string of the molecule is COc1ccc(N2C(=O)Nc3c(C(=O)Nc4ccc(CCN5CCCCC5)cc4)sc4ncnc2c34)cc1Cl. The van der Waals surface area contributed by atoms with Gasteiger partial charge in [0.2, 0.25) is 0 Å². The van der Waals surface area contributed by atoms with Crippen molar-refractivity contribution in [2.75, 3.05) is 42.3 Å². The quantitative estimate of drug-likeness (QED) is 0.273. The topological polar surface area (TPSA) is 99.7 Å². The normalized spacial score (nSPS) is 15.3. The van der Waals surface area contributed by atoms with Crippen LogP contribution in [0.2, 0.25) is 5.02 Å². The van der Waals surface area contributed by atoms with Gasteiger partial charge in [0.1, 0.15) is 21.8 Å². The summed E-state index contributed by atoms with van der Waals surface area (Å²) in [4.78, 5) is 40.2. The summed E-state index contributed by atoms with van der Waals surface area (Å²) >= 11 is 7.53. The molecule has 4 aromatic rings. The monoisotopic (exact) mass is 562 g/mol. The molecule has 0 radical (unpaired) electrons. The molecule has 200 valence electrons. The fourth-order valence-electron chi connectivity index (χ4n) is 5.07. The van der Waals surface area contributed by atoms with Crippen molar-refractivity contribution in [3.63, 3.8) is 0 Å². The molecule has 0 aliphatic carbocycles. The minimum absolute atomic E-state index is 0.318. The third-order valence-corrected chi connectivity index (χ3v) is 8.48. The molecule has 11 heteroatoms. The van der Waals surface area contributed by atoms with Crippen LogP contribution in [0.5, 0.6) is 5.75 Å². The maximum Gasteiger partial charge on any atom is 0.332 e. The molecule has 0 unspecified atom stereocenters. The molecule has 2 aromatic heterocycles. The van der Waals surface area contributed by atoms with E-state index in [1.807, 2.05) is 12.1 Å². The molecule has 3 amide bonds. The first-order valence-corrected chi connectivity index (χ1v) is 14.1. The minimum Gasteiger partial charge on any atom is -0.495 e. The van der Waals surface area contributed by atoms with Crippen molar-refractivity contribution in [3.8, 4) is 5.75 Å². The number of amides is 3. The molecule has 0 spiro atoms. The Morgan fingerprint density at radius 2 is 1.92 bits per heavy atom. The molecule has 9 nitrogen and oxygen atoms in total. The van der Waals surface area contributed by atoms with Gasteiger partial charge in [-0.2, -0.15) is 0 Å². The molecule has 2 N–H and O–H groups in total. The summed E-state index contributed by atoms with van der Waals surface area (Å²) in [6.45, 7) is 3.42. The highest BCUT2D eigenvalue weighted by molar-refractivity contribution is 7.21. The Kier molecular flexibility index (Phi) is 7.07. The number of nitrogens with zero attached hydrogens (tertiary/aromatic N) is 4. The second-order valence-electron chi connectivity index (χ2n) is 9.57. The van der Waals surface area contributed by atoms with Crippen molar-refractivity contribution >= 4 is 68.0 Å². The van der Waals surface area contributed by atoms with E-state index in [0.29, 0.717) is 48.7 Å². The van der Waals surface area contributed by atoms with E-state index in [2.05, 4.69) is 37.6 Å². The first-order chi connectivity index (χ1) is 19.0. The van der Waals surface area contributed by atoms with Crippen LogP contribution in [0, 0.1) is 0 Å². The van der Waals surface area contributed by atoms with Gasteiger partial charge in [-0.3, -0.25) is 4.79 Å². The number of anilines is 4. The summed E-state index contributed by atoms with van der Waals surface area (Å²) in [5.74, 6) is 0.561. The van der Waals surface area contributed by atoms with Crippen LogP contribution in [0.1, 0.15) is 34.5 Å². The van der Waals surface area contributed by atoms with Crippen molar-refractivity contribution < 1.29 is 14.3 Å². The average molecular weight is 563 g/mol. The number of thiophene rings is 1. The van der Waals surface area contributed by atoms with Gasteiger partial charge in [-0.1, -0.05) is 30.2 Å². The molecule has 1 fully saturated rings. The van der Waals surface area contributed by atoms with Crippen molar-refractivity contribution in [3.05, 3.63) is 64.3 Å². The van der Waals surface area contributed by atoms with E-state index in [-0.39, 0.29) is 5.91 Å². The van der Waals surface area contributed by atoms with E-state index in [1.54, 1.807) is 18.2 Å². The molecule has 1 saturated heterocycles. The predicted octanol–water partition coefficient (Wildman–Crippen LogP) is 6.32. The first kappa shape index (κ1) is 25.5. The molecule has 0 bridgehead atoms. The highest BCUT2D eigenvalue weighted by atomic mass is 35.5. The molecule has 2 aliphatic rings. The Balaban J connectivity index is 1.23. The number of methoxy groups -OCH3 is 1. The highest BCUT2D eigenvalue weighted by Gasteiger charge is 2.34. The lowest BCUT2D eigenvalue weighted by Crippen LogP contribution is -2.35. The van der Waals surface area contributed by atoms with Crippen molar-refractivity contribution in [1.29, 1.82) is 0 Å². The maximum atomic E-state index is 13.3. The lowest BCUT2D eigenvalue weighted by atomic mass is 10.1. The summed E-state index contributed by atoms with van der Waals surface area (Å²) in [6.07, 6.45) is 6.27. The summed E-state index contributed by atoms with van der Waals surface area (Å²) in [5, 5.41) is 6.80. The van der Waals surface area contributed by atoms with Gasteiger partial charge in [-0.05, 0) is 68.2 Å². The molecule has 39 heavy (non-hydrogen) atoms.